The minimum Gasteiger partial charge on any atom is -0.299 e. The zero-order valence-corrected chi connectivity index (χ0v) is 9.08. The van der Waals surface area contributed by atoms with Crippen LogP contribution in [0.1, 0.15) is 24.3 Å². The molecule has 1 nitrogen and oxygen atoms in total. The van der Waals surface area contributed by atoms with Crippen molar-refractivity contribution in [1.82, 2.24) is 5.32 Å². The van der Waals surface area contributed by atoms with Gasteiger partial charge in [-0.1, -0.05) is 24.4 Å². The second-order valence-corrected chi connectivity index (χ2v) is 4.04. The normalized spacial score (nSPS) is 12.4. The van der Waals surface area contributed by atoms with Gasteiger partial charge in [-0.25, -0.2) is 0 Å². The third kappa shape index (κ3) is 2.73. The zero-order chi connectivity index (χ0) is 9.68. The van der Waals surface area contributed by atoms with Gasteiger partial charge < -0.3 is 0 Å². The number of hydrogen-bond acceptors (Lipinski definition) is 2. The summed E-state index contributed by atoms with van der Waals surface area (Å²) in [7, 11) is 0. The fourth-order valence-electron chi connectivity index (χ4n) is 1.03. The van der Waals surface area contributed by atoms with Crippen LogP contribution in [0.4, 0.5) is 0 Å². The summed E-state index contributed by atoms with van der Waals surface area (Å²) in [6.07, 6.45) is 6.48. The molecule has 13 heavy (non-hydrogen) atoms. The fourth-order valence-corrected chi connectivity index (χ4v) is 2.23. The Morgan fingerprint density at radius 3 is 3.00 bits per heavy atom. The summed E-state index contributed by atoms with van der Waals surface area (Å²) >= 11 is 7.56. The van der Waals surface area contributed by atoms with Crippen LogP contribution in [0, 0.1) is 12.3 Å². The van der Waals surface area contributed by atoms with Gasteiger partial charge in [-0.05, 0) is 24.4 Å². The van der Waals surface area contributed by atoms with Gasteiger partial charge >= 0.3 is 0 Å². The molecule has 1 aromatic rings. The number of halogens is 1. The number of thiophene rings is 1. The summed E-state index contributed by atoms with van der Waals surface area (Å²) < 4.78 is 0. The Hall–Kier alpha value is -0.490. The Balaban J connectivity index is 2.68. The highest BCUT2D eigenvalue weighted by Gasteiger charge is 2.11. The SMILES string of the molecule is C#CC(NCCC)c1sccc1Cl. The van der Waals surface area contributed by atoms with E-state index in [0.29, 0.717) is 0 Å². The highest BCUT2D eigenvalue weighted by atomic mass is 35.5. The lowest BCUT2D eigenvalue weighted by molar-refractivity contribution is 0.633. The van der Waals surface area contributed by atoms with Crippen LogP contribution in [-0.2, 0) is 0 Å². The van der Waals surface area contributed by atoms with E-state index in [-0.39, 0.29) is 6.04 Å². The molecule has 1 atom stereocenters. The van der Waals surface area contributed by atoms with E-state index in [9.17, 15) is 0 Å². The summed E-state index contributed by atoms with van der Waals surface area (Å²) in [4.78, 5) is 1.04. The van der Waals surface area contributed by atoms with Crippen LogP contribution in [0.5, 0.6) is 0 Å². The van der Waals surface area contributed by atoms with Crippen molar-refractivity contribution >= 4 is 22.9 Å². The molecule has 0 aromatic carbocycles. The molecule has 3 heteroatoms. The molecule has 0 saturated carbocycles. The van der Waals surface area contributed by atoms with Crippen molar-refractivity contribution in [3.63, 3.8) is 0 Å². The van der Waals surface area contributed by atoms with Gasteiger partial charge in [0.2, 0.25) is 0 Å². The molecule has 1 unspecified atom stereocenters. The van der Waals surface area contributed by atoms with Crippen molar-refractivity contribution in [2.24, 2.45) is 0 Å². The molecule has 0 aliphatic carbocycles. The summed E-state index contributed by atoms with van der Waals surface area (Å²) in [5, 5.41) is 5.97. The van der Waals surface area contributed by atoms with Crippen molar-refractivity contribution in [3.05, 3.63) is 21.3 Å². The van der Waals surface area contributed by atoms with Crippen molar-refractivity contribution in [3.8, 4) is 12.3 Å². The Morgan fingerprint density at radius 1 is 1.77 bits per heavy atom. The number of nitrogens with one attached hydrogen (secondary N) is 1. The number of hydrogen-bond donors (Lipinski definition) is 1. The van der Waals surface area contributed by atoms with E-state index in [0.717, 1.165) is 22.9 Å². The lowest BCUT2D eigenvalue weighted by Crippen LogP contribution is -2.19. The van der Waals surface area contributed by atoms with Gasteiger partial charge in [-0.3, -0.25) is 5.32 Å². The maximum atomic E-state index is 5.97. The standard InChI is InChI=1S/C10H12ClNS/c1-3-6-12-9(4-2)10-8(11)5-7-13-10/h2,5,7,9,12H,3,6H2,1H3. The fraction of sp³-hybridized carbons (Fsp3) is 0.400. The minimum atomic E-state index is -0.0348. The van der Waals surface area contributed by atoms with Crippen molar-refractivity contribution in [2.45, 2.75) is 19.4 Å². The van der Waals surface area contributed by atoms with Gasteiger partial charge in [0.15, 0.2) is 0 Å². The third-order valence-electron chi connectivity index (χ3n) is 1.67. The number of terminal acetylenes is 1. The zero-order valence-electron chi connectivity index (χ0n) is 7.51. The third-order valence-corrected chi connectivity index (χ3v) is 3.10. The molecule has 0 amide bonds. The molecule has 0 radical (unpaired) electrons. The Bertz CT molecular complexity index is 300. The van der Waals surface area contributed by atoms with E-state index in [2.05, 4.69) is 18.2 Å². The summed E-state index contributed by atoms with van der Waals surface area (Å²) in [6.45, 7) is 3.03. The van der Waals surface area contributed by atoms with E-state index in [1.165, 1.54) is 0 Å². The van der Waals surface area contributed by atoms with Gasteiger partial charge in [0, 0.05) is 0 Å². The first-order chi connectivity index (χ1) is 6.29. The molecule has 0 fully saturated rings. The lowest BCUT2D eigenvalue weighted by Gasteiger charge is -2.10. The van der Waals surface area contributed by atoms with Crippen molar-refractivity contribution in [1.29, 1.82) is 0 Å². The van der Waals surface area contributed by atoms with Crippen LogP contribution >= 0.6 is 22.9 Å². The second-order valence-electron chi connectivity index (χ2n) is 2.69. The van der Waals surface area contributed by atoms with Gasteiger partial charge in [0.25, 0.3) is 0 Å². The van der Waals surface area contributed by atoms with Crippen LogP contribution in [0.15, 0.2) is 11.4 Å². The van der Waals surface area contributed by atoms with Gasteiger partial charge in [0.1, 0.15) is 6.04 Å². The van der Waals surface area contributed by atoms with E-state index in [1.807, 2.05) is 11.4 Å². The highest BCUT2D eigenvalue weighted by molar-refractivity contribution is 7.10. The summed E-state index contributed by atoms with van der Waals surface area (Å²) in [6, 6.07) is 1.84. The average Bonchev–Trinajstić information content (AvgIpc) is 2.54. The summed E-state index contributed by atoms with van der Waals surface area (Å²) in [5.74, 6) is 2.69. The first kappa shape index (κ1) is 10.6. The molecular formula is C10H12ClNS. The van der Waals surface area contributed by atoms with Gasteiger partial charge in [-0.2, -0.15) is 0 Å². The minimum absolute atomic E-state index is 0.0348. The predicted molar refractivity (Wildman–Crippen MR) is 59.2 cm³/mol. The average molecular weight is 214 g/mol. The molecule has 1 aromatic heterocycles. The summed E-state index contributed by atoms with van der Waals surface area (Å²) in [5.41, 5.74) is 0. The van der Waals surface area contributed by atoms with E-state index >= 15 is 0 Å². The Labute approximate surface area is 88.1 Å². The molecule has 0 spiro atoms. The molecule has 1 N–H and O–H groups in total. The Kier molecular flexibility index (Phi) is 4.31. The van der Waals surface area contributed by atoms with E-state index in [4.69, 9.17) is 18.0 Å². The molecule has 70 valence electrons. The number of rotatable bonds is 4. The lowest BCUT2D eigenvalue weighted by atomic mass is 10.2. The predicted octanol–water partition coefficient (Wildman–Crippen LogP) is 3.08. The molecule has 0 bridgehead atoms. The van der Waals surface area contributed by atoms with Gasteiger partial charge in [-0.15, -0.1) is 17.8 Å². The van der Waals surface area contributed by atoms with Crippen LogP contribution in [0.3, 0.4) is 0 Å². The topological polar surface area (TPSA) is 12.0 Å². The van der Waals surface area contributed by atoms with Crippen LogP contribution in [0.2, 0.25) is 5.02 Å². The molecule has 0 saturated heterocycles. The van der Waals surface area contributed by atoms with Gasteiger partial charge in [0.05, 0.1) is 9.90 Å². The van der Waals surface area contributed by atoms with E-state index in [1.54, 1.807) is 11.3 Å². The molecule has 1 rings (SSSR count). The van der Waals surface area contributed by atoms with Crippen LogP contribution < -0.4 is 5.32 Å². The van der Waals surface area contributed by atoms with Crippen LogP contribution in [-0.4, -0.2) is 6.54 Å². The quantitative estimate of drug-likeness (QED) is 0.759. The maximum absolute atomic E-state index is 5.97. The Morgan fingerprint density at radius 2 is 2.54 bits per heavy atom. The highest BCUT2D eigenvalue weighted by Crippen LogP contribution is 2.28. The second kappa shape index (κ2) is 5.29. The molecule has 1 heterocycles. The largest absolute Gasteiger partial charge is 0.299 e. The van der Waals surface area contributed by atoms with E-state index < -0.39 is 0 Å². The first-order valence-electron chi connectivity index (χ1n) is 4.22. The van der Waals surface area contributed by atoms with Crippen LogP contribution in [0.25, 0.3) is 0 Å². The maximum Gasteiger partial charge on any atom is 0.105 e. The van der Waals surface area contributed by atoms with Crippen molar-refractivity contribution in [2.75, 3.05) is 6.54 Å². The first-order valence-corrected chi connectivity index (χ1v) is 5.47. The molecular weight excluding hydrogens is 202 g/mol. The molecule has 0 aliphatic heterocycles. The smallest absolute Gasteiger partial charge is 0.105 e. The van der Waals surface area contributed by atoms with Crippen molar-refractivity contribution < 1.29 is 0 Å². The molecule has 0 aliphatic rings. The monoisotopic (exact) mass is 213 g/mol.